The van der Waals surface area contributed by atoms with Crippen molar-refractivity contribution in [3.8, 4) is 0 Å². The standard InChI is InChI=1S/C24H38N4/c1-21(2,3)17-12-16(26-20(28-17)23(7,8)9)13-24(10,11)19-15-25-14-18(27-19)22(4,5)6/h12,14-15H,13H2,1-11H3. The molecular weight excluding hydrogens is 344 g/mol. The summed E-state index contributed by atoms with van der Waals surface area (Å²) in [7, 11) is 0. The van der Waals surface area contributed by atoms with E-state index in [1.54, 1.807) is 0 Å². The Morgan fingerprint density at radius 1 is 0.607 bits per heavy atom. The summed E-state index contributed by atoms with van der Waals surface area (Å²) in [5.74, 6) is 0.903. The fraction of sp³-hybridized carbons (Fsp3) is 0.667. The predicted octanol–water partition coefficient (Wildman–Crippen LogP) is 5.68. The van der Waals surface area contributed by atoms with Crippen molar-refractivity contribution in [1.82, 2.24) is 19.9 Å². The molecule has 0 spiro atoms. The van der Waals surface area contributed by atoms with Gasteiger partial charge in [-0.1, -0.05) is 76.2 Å². The summed E-state index contributed by atoms with van der Waals surface area (Å²) in [4.78, 5) is 19.3. The Hall–Kier alpha value is -1.84. The van der Waals surface area contributed by atoms with Crippen LogP contribution in [0.3, 0.4) is 0 Å². The van der Waals surface area contributed by atoms with Crippen molar-refractivity contribution in [2.75, 3.05) is 0 Å². The first-order valence-electron chi connectivity index (χ1n) is 10.2. The minimum absolute atomic E-state index is 0.0200. The maximum Gasteiger partial charge on any atom is 0.134 e. The van der Waals surface area contributed by atoms with Gasteiger partial charge in [0.15, 0.2) is 0 Å². The van der Waals surface area contributed by atoms with E-state index in [1.807, 2.05) is 12.4 Å². The molecule has 4 nitrogen and oxygen atoms in total. The molecule has 154 valence electrons. The minimum atomic E-state index is -0.174. The largest absolute Gasteiger partial charge is 0.261 e. The van der Waals surface area contributed by atoms with Crippen molar-refractivity contribution in [2.24, 2.45) is 0 Å². The van der Waals surface area contributed by atoms with Gasteiger partial charge in [-0.3, -0.25) is 9.97 Å². The topological polar surface area (TPSA) is 51.6 Å². The molecule has 2 aromatic rings. The molecule has 2 rings (SSSR count). The molecule has 0 fully saturated rings. The van der Waals surface area contributed by atoms with E-state index in [1.165, 1.54) is 0 Å². The van der Waals surface area contributed by atoms with Gasteiger partial charge in [0.2, 0.25) is 0 Å². The van der Waals surface area contributed by atoms with E-state index in [0.717, 1.165) is 35.0 Å². The van der Waals surface area contributed by atoms with Crippen LogP contribution in [0.4, 0.5) is 0 Å². The highest BCUT2D eigenvalue weighted by atomic mass is 14.9. The van der Waals surface area contributed by atoms with Gasteiger partial charge >= 0.3 is 0 Å². The lowest BCUT2D eigenvalue weighted by molar-refractivity contribution is 0.467. The Bertz CT molecular complexity index is 799. The number of hydrogen-bond acceptors (Lipinski definition) is 4. The second kappa shape index (κ2) is 7.20. The Morgan fingerprint density at radius 3 is 1.64 bits per heavy atom. The van der Waals surface area contributed by atoms with Gasteiger partial charge in [0.25, 0.3) is 0 Å². The third kappa shape index (κ3) is 5.36. The maximum absolute atomic E-state index is 4.95. The molecule has 0 radical (unpaired) electrons. The van der Waals surface area contributed by atoms with E-state index in [-0.39, 0.29) is 21.7 Å². The smallest absolute Gasteiger partial charge is 0.134 e. The van der Waals surface area contributed by atoms with Gasteiger partial charge in [0.1, 0.15) is 5.82 Å². The molecule has 0 atom stereocenters. The molecule has 0 aliphatic heterocycles. The lowest BCUT2D eigenvalue weighted by Crippen LogP contribution is -2.28. The van der Waals surface area contributed by atoms with Crippen LogP contribution in [0, 0.1) is 0 Å². The molecule has 2 heterocycles. The van der Waals surface area contributed by atoms with E-state index < -0.39 is 0 Å². The first-order chi connectivity index (χ1) is 12.5. The third-order valence-electron chi connectivity index (χ3n) is 4.94. The van der Waals surface area contributed by atoms with Crippen molar-refractivity contribution in [3.05, 3.63) is 47.1 Å². The Labute approximate surface area is 171 Å². The van der Waals surface area contributed by atoms with Crippen molar-refractivity contribution < 1.29 is 0 Å². The second-order valence-corrected chi connectivity index (χ2v) is 11.7. The Balaban J connectivity index is 2.49. The molecule has 0 aliphatic rings. The van der Waals surface area contributed by atoms with E-state index >= 15 is 0 Å². The van der Waals surface area contributed by atoms with Crippen LogP contribution in [0.2, 0.25) is 0 Å². The Morgan fingerprint density at radius 2 is 1.14 bits per heavy atom. The zero-order valence-corrected chi connectivity index (χ0v) is 19.7. The van der Waals surface area contributed by atoms with Gasteiger partial charge in [-0.05, 0) is 6.07 Å². The number of hydrogen-bond donors (Lipinski definition) is 0. The molecule has 28 heavy (non-hydrogen) atoms. The normalized spacial score (nSPS) is 13.7. The van der Waals surface area contributed by atoms with Crippen LogP contribution in [0.5, 0.6) is 0 Å². The van der Waals surface area contributed by atoms with E-state index in [2.05, 4.69) is 87.2 Å². The summed E-state index contributed by atoms with van der Waals surface area (Å²) >= 11 is 0. The molecule has 0 amide bonds. The first-order valence-corrected chi connectivity index (χ1v) is 10.2. The number of aromatic nitrogens is 4. The first kappa shape index (κ1) is 22.4. The molecule has 0 saturated carbocycles. The zero-order chi connectivity index (χ0) is 21.5. The quantitative estimate of drug-likeness (QED) is 0.685. The summed E-state index contributed by atoms with van der Waals surface area (Å²) < 4.78 is 0. The highest BCUT2D eigenvalue weighted by molar-refractivity contribution is 5.25. The van der Waals surface area contributed by atoms with Crippen LogP contribution < -0.4 is 0 Å². The van der Waals surface area contributed by atoms with Gasteiger partial charge in [-0.15, -0.1) is 0 Å². The van der Waals surface area contributed by atoms with Crippen molar-refractivity contribution in [2.45, 2.75) is 104 Å². The predicted molar refractivity (Wildman–Crippen MR) is 117 cm³/mol. The molecule has 0 saturated heterocycles. The summed E-state index contributed by atoms with van der Waals surface area (Å²) in [6.45, 7) is 24.1. The number of nitrogens with zero attached hydrogens (tertiary/aromatic N) is 4. The summed E-state index contributed by atoms with van der Waals surface area (Å²) in [6.07, 6.45) is 4.56. The molecule has 0 bridgehead atoms. The zero-order valence-electron chi connectivity index (χ0n) is 19.7. The van der Waals surface area contributed by atoms with Gasteiger partial charge < -0.3 is 0 Å². The van der Waals surface area contributed by atoms with Crippen molar-refractivity contribution in [1.29, 1.82) is 0 Å². The van der Waals surface area contributed by atoms with E-state index in [4.69, 9.17) is 15.0 Å². The van der Waals surface area contributed by atoms with Crippen LogP contribution in [0.25, 0.3) is 0 Å². The molecule has 2 aromatic heterocycles. The molecule has 0 N–H and O–H groups in total. The average molecular weight is 383 g/mol. The van der Waals surface area contributed by atoms with E-state index in [0.29, 0.717) is 0 Å². The summed E-state index contributed by atoms with van der Waals surface area (Å²) in [5.41, 5.74) is 3.88. The average Bonchev–Trinajstić information content (AvgIpc) is 2.52. The van der Waals surface area contributed by atoms with Crippen LogP contribution in [-0.4, -0.2) is 19.9 Å². The highest BCUT2D eigenvalue weighted by Gasteiger charge is 2.29. The lowest BCUT2D eigenvalue weighted by atomic mass is 9.82. The minimum Gasteiger partial charge on any atom is -0.261 e. The van der Waals surface area contributed by atoms with Crippen LogP contribution in [0.15, 0.2) is 18.5 Å². The van der Waals surface area contributed by atoms with Gasteiger partial charge in [0, 0.05) is 51.9 Å². The van der Waals surface area contributed by atoms with Crippen molar-refractivity contribution >= 4 is 0 Å². The molecule has 4 heteroatoms. The van der Waals surface area contributed by atoms with Crippen LogP contribution in [0.1, 0.15) is 105 Å². The summed E-state index contributed by atoms with van der Waals surface area (Å²) in [6, 6.07) is 2.16. The molecule has 0 unspecified atom stereocenters. The fourth-order valence-corrected chi connectivity index (χ4v) is 2.90. The van der Waals surface area contributed by atoms with E-state index in [9.17, 15) is 0 Å². The number of rotatable bonds is 3. The Kier molecular flexibility index (Phi) is 5.77. The van der Waals surface area contributed by atoms with Gasteiger partial charge in [-0.25, -0.2) is 9.97 Å². The summed E-state index contributed by atoms with van der Waals surface area (Å²) in [5, 5.41) is 0. The molecule has 0 aliphatic carbocycles. The van der Waals surface area contributed by atoms with Crippen LogP contribution in [-0.2, 0) is 28.1 Å². The monoisotopic (exact) mass is 382 g/mol. The van der Waals surface area contributed by atoms with Crippen molar-refractivity contribution in [3.63, 3.8) is 0 Å². The van der Waals surface area contributed by atoms with Gasteiger partial charge in [-0.2, -0.15) is 0 Å². The lowest BCUT2D eigenvalue weighted by Gasteiger charge is -2.28. The molecular formula is C24H38N4. The molecule has 0 aromatic carbocycles. The van der Waals surface area contributed by atoms with Gasteiger partial charge in [0.05, 0.1) is 11.4 Å². The van der Waals surface area contributed by atoms with Crippen LogP contribution >= 0.6 is 0 Å². The fourth-order valence-electron chi connectivity index (χ4n) is 2.90. The maximum atomic E-state index is 4.95. The SMILES string of the molecule is CC(C)(C)c1cncc(C(C)(C)Cc2cc(C(C)(C)C)nc(C(C)(C)C)n2)n1. The highest BCUT2D eigenvalue weighted by Crippen LogP contribution is 2.30. The second-order valence-electron chi connectivity index (χ2n) is 11.7. The third-order valence-corrected chi connectivity index (χ3v) is 4.94.